The van der Waals surface area contributed by atoms with Crippen molar-refractivity contribution in [1.29, 1.82) is 0 Å². The van der Waals surface area contributed by atoms with Crippen LogP contribution in [0.2, 0.25) is 0 Å². The fourth-order valence-corrected chi connectivity index (χ4v) is 4.49. The molecule has 5 nitrogen and oxygen atoms in total. The Balaban J connectivity index is 1.09. The lowest BCUT2D eigenvalue weighted by Gasteiger charge is -2.36. The van der Waals surface area contributed by atoms with Crippen molar-refractivity contribution in [1.82, 2.24) is 9.80 Å². The van der Waals surface area contributed by atoms with Gasteiger partial charge in [0.05, 0.1) is 0 Å². The van der Waals surface area contributed by atoms with Crippen molar-refractivity contribution in [3.05, 3.63) is 60.7 Å². The minimum absolute atomic E-state index is 0.330. The van der Waals surface area contributed by atoms with Gasteiger partial charge in [-0.3, -0.25) is 9.69 Å². The van der Waals surface area contributed by atoms with E-state index in [4.69, 9.17) is 0 Å². The second-order valence-electron chi connectivity index (χ2n) is 8.32. The van der Waals surface area contributed by atoms with E-state index < -0.39 is 0 Å². The molecule has 2 fully saturated rings. The average molecular weight is 407 g/mol. The molecule has 2 aromatic rings. The van der Waals surface area contributed by atoms with Gasteiger partial charge < -0.3 is 14.7 Å². The van der Waals surface area contributed by atoms with Gasteiger partial charge in [0.1, 0.15) is 0 Å². The molecule has 0 aromatic heterocycles. The quantitative estimate of drug-likeness (QED) is 0.660. The molecule has 0 atom stereocenters. The number of benzene rings is 2. The van der Waals surface area contributed by atoms with Gasteiger partial charge in [-0.05, 0) is 43.7 Å². The predicted octanol–water partition coefficient (Wildman–Crippen LogP) is 3.33. The molecule has 160 valence electrons. The highest BCUT2D eigenvalue weighted by Crippen LogP contribution is 2.17. The Bertz CT molecular complexity index is 766. The number of rotatable bonds is 7. The maximum absolute atomic E-state index is 12.6. The van der Waals surface area contributed by atoms with Crippen LogP contribution < -0.4 is 9.80 Å². The molecule has 0 N–H and O–H groups in total. The number of hydrogen-bond donors (Lipinski definition) is 0. The molecular formula is C25H34N4O. The lowest BCUT2D eigenvalue weighted by molar-refractivity contribution is -0.131. The van der Waals surface area contributed by atoms with E-state index in [9.17, 15) is 4.79 Å². The maximum atomic E-state index is 12.6. The van der Waals surface area contributed by atoms with Gasteiger partial charge in [-0.1, -0.05) is 36.4 Å². The summed E-state index contributed by atoms with van der Waals surface area (Å²) in [6, 6.07) is 21.2. The summed E-state index contributed by atoms with van der Waals surface area (Å²) in [4.78, 5) is 22.0. The van der Waals surface area contributed by atoms with E-state index in [0.29, 0.717) is 12.3 Å². The zero-order chi connectivity index (χ0) is 20.6. The highest BCUT2D eigenvalue weighted by molar-refractivity contribution is 5.76. The molecule has 2 aliphatic rings. The van der Waals surface area contributed by atoms with Crippen LogP contribution in [0.3, 0.4) is 0 Å². The van der Waals surface area contributed by atoms with E-state index in [1.165, 1.54) is 11.4 Å². The van der Waals surface area contributed by atoms with Gasteiger partial charge in [-0.2, -0.15) is 0 Å². The van der Waals surface area contributed by atoms with Crippen LogP contribution in [0.5, 0.6) is 0 Å². The van der Waals surface area contributed by atoms with Crippen LogP contribution >= 0.6 is 0 Å². The van der Waals surface area contributed by atoms with Gasteiger partial charge in [-0.25, -0.2) is 0 Å². The number of hydrogen-bond acceptors (Lipinski definition) is 4. The first kappa shape index (κ1) is 20.7. The number of nitrogens with zero attached hydrogens (tertiary/aromatic N) is 4. The molecule has 2 saturated heterocycles. The molecule has 5 heteroatoms. The molecule has 2 aromatic carbocycles. The molecule has 4 rings (SSSR count). The van der Waals surface area contributed by atoms with E-state index >= 15 is 0 Å². The third-order valence-corrected chi connectivity index (χ3v) is 6.36. The van der Waals surface area contributed by atoms with Crippen LogP contribution in [-0.2, 0) is 4.79 Å². The molecule has 0 saturated carbocycles. The van der Waals surface area contributed by atoms with Crippen molar-refractivity contribution in [2.75, 3.05) is 68.7 Å². The zero-order valence-corrected chi connectivity index (χ0v) is 18.0. The number of amides is 1. The van der Waals surface area contributed by atoms with E-state index in [2.05, 4.69) is 74.2 Å². The summed E-state index contributed by atoms with van der Waals surface area (Å²) in [6.45, 7) is 9.07. The Labute approximate surface area is 180 Å². The average Bonchev–Trinajstić information content (AvgIpc) is 2.83. The summed E-state index contributed by atoms with van der Waals surface area (Å²) < 4.78 is 0. The van der Waals surface area contributed by atoms with Gasteiger partial charge in [0, 0.05) is 70.2 Å². The number of piperazine rings is 2. The highest BCUT2D eigenvalue weighted by Gasteiger charge is 2.21. The number of carbonyl (C=O) groups excluding carboxylic acids is 1. The van der Waals surface area contributed by atoms with Crippen LogP contribution in [0.4, 0.5) is 11.4 Å². The van der Waals surface area contributed by atoms with E-state index in [-0.39, 0.29) is 0 Å². The Hall–Kier alpha value is -2.53. The number of carbonyl (C=O) groups is 1. The minimum atomic E-state index is 0.330. The van der Waals surface area contributed by atoms with E-state index in [1.54, 1.807) is 0 Å². The SMILES string of the molecule is O=C(CCCCN1CCN(c2ccccc2)CC1)N1CCN(c2ccccc2)CC1. The molecule has 2 heterocycles. The fraction of sp³-hybridized carbons (Fsp3) is 0.480. The van der Waals surface area contributed by atoms with Crippen LogP contribution in [0, 0.1) is 0 Å². The lowest BCUT2D eigenvalue weighted by atomic mass is 10.1. The van der Waals surface area contributed by atoms with Crippen molar-refractivity contribution < 1.29 is 4.79 Å². The molecule has 2 aliphatic heterocycles. The Morgan fingerprint density at radius 3 is 1.67 bits per heavy atom. The van der Waals surface area contributed by atoms with Crippen LogP contribution in [-0.4, -0.2) is 74.6 Å². The van der Waals surface area contributed by atoms with E-state index in [1.807, 2.05) is 6.07 Å². The first-order valence-electron chi connectivity index (χ1n) is 11.4. The summed E-state index contributed by atoms with van der Waals surface area (Å²) >= 11 is 0. The fourth-order valence-electron chi connectivity index (χ4n) is 4.49. The molecule has 1 amide bonds. The van der Waals surface area contributed by atoms with Gasteiger partial charge in [0.25, 0.3) is 0 Å². The Morgan fingerprint density at radius 1 is 0.633 bits per heavy atom. The number of anilines is 2. The largest absolute Gasteiger partial charge is 0.369 e. The third kappa shape index (κ3) is 5.54. The topological polar surface area (TPSA) is 30.0 Å². The third-order valence-electron chi connectivity index (χ3n) is 6.36. The minimum Gasteiger partial charge on any atom is -0.369 e. The second kappa shape index (κ2) is 10.5. The van der Waals surface area contributed by atoms with Crippen LogP contribution in [0.15, 0.2) is 60.7 Å². The molecule has 0 radical (unpaired) electrons. The van der Waals surface area contributed by atoms with Gasteiger partial charge in [-0.15, -0.1) is 0 Å². The van der Waals surface area contributed by atoms with Crippen LogP contribution in [0.1, 0.15) is 19.3 Å². The second-order valence-corrected chi connectivity index (χ2v) is 8.32. The molecule has 0 unspecified atom stereocenters. The van der Waals surface area contributed by atoms with Crippen molar-refractivity contribution in [3.63, 3.8) is 0 Å². The molecular weight excluding hydrogens is 372 g/mol. The standard InChI is InChI=1S/C25H34N4O/c30-25(29-21-19-28(20-22-29)24-11-5-2-6-12-24)13-7-8-14-26-15-17-27(18-16-26)23-9-3-1-4-10-23/h1-6,9-12H,7-8,13-22H2. The van der Waals surface area contributed by atoms with Crippen molar-refractivity contribution >= 4 is 17.3 Å². The molecule has 0 aliphatic carbocycles. The van der Waals surface area contributed by atoms with E-state index in [0.717, 1.165) is 71.7 Å². The van der Waals surface area contributed by atoms with Crippen molar-refractivity contribution in [2.45, 2.75) is 19.3 Å². The maximum Gasteiger partial charge on any atom is 0.222 e. The Kier molecular flexibility index (Phi) is 7.25. The zero-order valence-electron chi connectivity index (χ0n) is 18.0. The molecule has 0 bridgehead atoms. The normalized spacial score (nSPS) is 17.9. The summed E-state index contributed by atoms with van der Waals surface area (Å²) in [7, 11) is 0. The van der Waals surface area contributed by atoms with Gasteiger partial charge >= 0.3 is 0 Å². The summed E-state index contributed by atoms with van der Waals surface area (Å²) in [5.41, 5.74) is 2.59. The summed E-state index contributed by atoms with van der Waals surface area (Å²) in [6.07, 6.45) is 2.80. The first-order valence-corrected chi connectivity index (χ1v) is 11.4. The smallest absolute Gasteiger partial charge is 0.222 e. The summed E-state index contributed by atoms with van der Waals surface area (Å²) in [5, 5.41) is 0. The van der Waals surface area contributed by atoms with Crippen molar-refractivity contribution in [3.8, 4) is 0 Å². The first-order chi connectivity index (χ1) is 14.8. The lowest BCUT2D eigenvalue weighted by Crippen LogP contribution is -2.48. The number of unbranched alkanes of at least 4 members (excludes halogenated alkanes) is 1. The summed E-state index contributed by atoms with van der Waals surface area (Å²) in [5.74, 6) is 0.330. The highest BCUT2D eigenvalue weighted by atomic mass is 16.2. The monoisotopic (exact) mass is 406 g/mol. The molecule has 0 spiro atoms. The van der Waals surface area contributed by atoms with Crippen LogP contribution in [0.25, 0.3) is 0 Å². The van der Waals surface area contributed by atoms with Crippen molar-refractivity contribution in [2.24, 2.45) is 0 Å². The molecule has 30 heavy (non-hydrogen) atoms. The Morgan fingerprint density at radius 2 is 1.13 bits per heavy atom. The number of para-hydroxylation sites is 2. The predicted molar refractivity (Wildman–Crippen MR) is 124 cm³/mol. The van der Waals surface area contributed by atoms with Gasteiger partial charge in [0.15, 0.2) is 0 Å². The van der Waals surface area contributed by atoms with Gasteiger partial charge in [0.2, 0.25) is 5.91 Å².